The molecular formula is C4H4BrNO2. The van der Waals surface area contributed by atoms with Crippen molar-refractivity contribution in [3.05, 3.63) is 22.5 Å². The number of rotatable bonds is 0. The summed E-state index contributed by atoms with van der Waals surface area (Å²) < 4.78 is 5.71. The molecule has 0 aliphatic carbocycles. The van der Waals surface area contributed by atoms with Gasteiger partial charge in [-0.1, -0.05) is 0 Å². The summed E-state index contributed by atoms with van der Waals surface area (Å²) in [5.41, 5.74) is 0.759. The molecule has 0 atom stereocenters. The Labute approximate surface area is 54.3 Å². The molecule has 8 heavy (non-hydrogen) atoms. The molecule has 0 amide bonds. The molecular weight excluding hydrogens is 174 g/mol. The molecule has 0 aliphatic rings. The topological polar surface area (TPSA) is 35.1 Å². The maximum absolute atomic E-state index is 10.4. The second-order valence-electron chi connectivity index (χ2n) is 1.42. The second-order valence-corrected chi connectivity index (χ2v) is 2.13. The Morgan fingerprint density at radius 1 is 1.88 bits per heavy atom. The number of aryl methyl sites for hydroxylation is 1. The largest absolute Gasteiger partial charge is 0.429 e. The fourth-order valence-corrected chi connectivity index (χ4v) is 0.539. The number of hydrogen-bond donors (Lipinski definition) is 0. The molecule has 0 fully saturated rings. The van der Waals surface area contributed by atoms with Crippen molar-refractivity contribution in [2.45, 2.75) is 6.92 Å². The smallest absolute Gasteiger partial charge is 0.415 e. The summed E-state index contributed by atoms with van der Waals surface area (Å²) in [7, 11) is 0. The van der Waals surface area contributed by atoms with E-state index in [1.165, 1.54) is 9.86 Å². The Kier molecular flexibility index (Phi) is 1.25. The van der Waals surface area contributed by atoms with Gasteiger partial charge in [-0.3, -0.25) is 0 Å². The van der Waals surface area contributed by atoms with Gasteiger partial charge in [-0.05, 0) is 6.92 Å². The van der Waals surface area contributed by atoms with E-state index < -0.39 is 0 Å². The van der Waals surface area contributed by atoms with E-state index >= 15 is 0 Å². The van der Waals surface area contributed by atoms with Crippen LogP contribution >= 0.6 is 16.1 Å². The zero-order chi connectivity index (χ0) is 6.15. The van der Waals surface area contributed by atoms with Crippen LogP contribution in [0.1, 0.15) is 5.69 Å². The molecule has 0 radical (unpaired) electrons. The van der Waals surface area contributed by atoms with Crippen LogP contribution in [-0.2, 0) is 0 Å². The van der Waals surface area contributed by atoms with E-state index in [0.29, 0.717) is 0 Å². The highest BCUT2D eigenvalue weighted by Gasteiger charge is 1.96. The van der Waals surface area contributed by atoms with Crippen molar-refractivity contribution in [3.63, 3.8) is 0 Å². The van der Waals surface area contributed by atoms with Gasteiger partial charge in [0, 0.05) is 0 Å². The monoisotopic (exact) mass is 177 g/mol. The average molecular weight is 178 g/mol. The molecule has 1 aromatic heterocycles. The van der Waals surface area contributed by atoms with Crippen LogP contribution in [0.4, 0.5) is 0 Å². The fourth-order valence-electron chi connectivity index (χ4n) is 0.372. The third-order valence-corrected chi connectivity index (χ3v) is 1.65. The van der Waals surface area contributed by atoms with Gasteiger partial charge in [-0.15, -0.1) is 0 Å². The first-order chi connectivity index (χ1) is 3.72. The predicted octanol–water partition coefficient (Wildman–Crippen LogP) is 0.908. The highest BCUT2D eigenvalue weighted by molar-refractivity contribution is 9.08. The summed E-state index contributed by atoms with van der Waals surface area (Å²) in [6.45, 7) is 1.76. The summed E-state index contributed by atoms with van der Waals surface area (Å²) >= 11 is 2.96. The number of halogens is 1. The van der Waals surface area contributed by atoms with Gasteiger partial charge < -0.3 is 4.42 Å². The number of nitrogens with zero attached hydrogens (tertiary/aromatic N) is 1. The molecule has 0 unspecified atom stereocenters. The van der Waals surface area contributed by atoms with Crippen LogP contribution in [0.5, 0.6) is 0 Å². The van der Waals surface area contributed by atoms with E-state index in [9.17, 15) is 4.79 Å². The first-order valence-corrected chi connectivity index (χ1v) is 2.76. The summed E-state index contributed by atoms with van der Waals surface area (Å²) in [5, 5.41) is 0. The first kappa shape index (κ1) is 5.62. The van der Waals surface area contributed by atoms with Crippen molar-refractivity contribution in [2.75, 3.05) is 0 Å². The highest BCUT2D eigenvalue weighted by atomic mass is 79.9. The lowest BCUT2D eigenvalue weighted by atomic mass is 10.6. The molecule has 1 rings (SSSR count). The lowest BCUT2D eigenvalue weighted by Gasteiger charge is -1.80. The molecule has 0 bridgehead atoms. The second kappa shape index (κ2) is 1.78. The van der Waals surface area contributed by atoms with Crippen LogP contribution < -0.4 is 5.76 Å². The summed E-state index contributed by atoms with van der Waals surface area (Å²) in [4.78, 5) is 10.4. The predicted molar refractivity (Wildman–Crippen MR) is 32.0 cm³/mol. The van der Waals surface area contributed by atoms with Gasteiger partial charge in [0.2, 0.25) is 0 Å². The molecule has 0 N–H and O–H groups in total. The standard InChI is InChI=1S/C4H4BrNO2/c1-3-2-8-4(7)6(3)5/h2H,1H3. The molecule has 44 valence electrons. The van der Waals surface area contributed by atoms with Crippen molar-refractivity contribution in [3.8, 4) is 0 Å². The minimum atomic E-state index is -0.387. The molecule has 0 saturated heterocycles. The van der Waals surface area contributed by atoms with Gasteiger partial charge in [0.15, 0.2) is 0 Å². The normalized spacial score (nSPS) is 9.75. The van der Waals surface area contributed by atoms with Crippen molar-refractivity contribution in [2.24, 2.45) is 0 Å². The molecule has 0 spiro atoms. The molecule has 0 aliphatic heterocycles. The van der Waals surface area contributed by atoms with E-state index in [0.717, 1.165) is 5.69 Å². The van der Waals surface area contributed by atoms with Crippen LogP contribution in [0.15, 0.2) is 15.5 Å². The maximum atomic E-state index is 10.4. The Hall–Kier alpha value is -0.510. The van der Waals surface area contributed by atoms with E-state index in [-0.39, 0.29) is 5.76 Å². The van der Waals surface area contributed by atoms with Crippen LogP contribution in [0.3, 0.4) is 0 Å². The van der Waals surface area contributed by atoms with E-state index in [1.807, 2.05) is 0 Å². The lowest BCUT2D eigenvalue weighted by Crippen LogP contribution is -2.03. The third kappa shape index (κ3) is 0.709. The quantitative estimate of drug-likeness (QED) is 0.591. The molecule has 0 saturated carbocycles. The minimum absolute atomic E-state index is 0.387. The molecule has 1 aromatic rings. The number of hydrogen-bond acceptors (Lipinski definition) is 2. The van der Waals surface area contributed by atoms with Crippen LogP contribution in [0.2, 0.25) is 0 Å². The average Bonchev–Trinajstić information content (AvgIpc) is 1.98. The molecule has 0 aromatic carbocycles. The number of oxazole rings is 1. The fraction of sp³-hybridized carbons (Fsp3) is 0.250. The van der Waals surface area contributed by atoms with Crippen LogP contribution in [0, 0.1) is 6.92 Å². The van der Waals surface area contributed by atoms with E-state index in [4.69, 9.17) is 0 Å². The van der Waals surface area contributed by atoms with Crippen molar-refractivity contribution in [1.29, 1.82) is 0 Å². The molecule has 4 heteroatoms. The lowest BCUT2D eigenvalue weighted by molar-refractivity contribution is 0.512. The van der Waals surface area contributed by atoms with Crippen molar-refractivity contribution >= 4 is 16.1 Å². The van der Waals surface area contributed by atoms with Gasteiger partial charge in [-0.25, -0.2) is 8.39 Å². The maximum Gasteiger partial charge on any atom is 0.429 e. The van der Waals surface area contributed by atoms with Gasteiger partial charge >= 0.3 is 5.76 Å². The van der Waals surface area contributed by atoms with Gasteiger partial charge in [-0.2, -0.15) is 0 Å². The van der Waals surface area contributed by atoms with Crippen molar-refractivity contribution in [1.82, 2.24) is 3.59 Å². The summed E-state index contributed by atoms with van der Waals surface area (Å²) in [6, 6.07) is 0. The van der Waals surface area contributed by atoms with E-state index in [1.54, 1.807) is 6.92 Å². The Morgan fingerprint density at radius 2 is 2.50 bits per heavy atom. The third-order valence-electron chi connectivity index (χ3n) is 0.800. The minimum Gasteiger partial charge on any atom is -0.415 e. The van der Waals surface area contributed by atoms with E-state index in [2.05, 4.69) is 20.6 Å². The van der Waals surface area contributed by atoms with Crippen molar-refractivity contribution < 1.29 is 4.42 Å². The SMILES string of the molecule is Cc1coc(=O)n1Br. The van der Waals surface area contributed by atoms with Crippen LogP contribution in [-0.4, -0.2) is 3.59 Å². The summed E-state index contributed by atoms with van der Waals surface area (Å²) in [6.07, 6.45) is 1.39. The Bertz CT molecular complexity index is 236. The van der Waals surface area contributed by atoms with Gasteiger partial charge in [0.25, 0.3) is 0 Å². The van der Waals surface area contributed by atoms with Gasteiger partial charge in [0.05, 0.1) is 21.8 Å². The van der Waals surface area contributed by atoms with Crippen LogP contribution in [0.25, 0.3) is 0 Å². The Balaban J connectivity index is 3.41. The zero-order valence-electron chi connectivity index (χ0n) is 4.22. The Morgan fingerprint density at radius 3 is 2.62 bits per heavy atom. The zero-order valence-corrected chi connectivity index (χ0v) is 5.81. The van der Waals surface area contributed by atoms with Gasteiger partial charge in [0.1, 0.15) is 6.26 Å². The number of aromatic nitrogens is 1. The molecule has 3 nitrogen and oxygen atoms in total. The molecule has 1 heterocycles. The highest BCUT2D eigenvalue weighted by Crippen LogP contribution is 1.95. The first-order valence-electron chi connectivity index (χ1n) is 2.05. The summed E-state index contributed by atoms with van der Waals surface area (Å²) in [5.74, 6) is -0.387.